The normalized spacial score (nSPS) is 29.1. The maximum absolute atomic E-state index is 12.3. The predicted molar refractivity (Wildman–Crippen MR) is 78.1 cm³/mol. The zero-order valence-electron chi connectivity index (χ0n) is 13.1. The third kappa shape index (κ3) is 3.87. The highest BCUT2D eigenvalue weighted by molar-refractivity contribution is 5.77. The minimum absolute atomic E-state index is 0.168. The summed E-state index contributed by atoms with van der Waals surface area (Å²) >= 11 is 0. The van der Waals surface area contributed by atoms with Crippen molar-refractivity contribution in [2.45, 2.75) is 51.6 Å². The van der Waals surface area contributed by atoms with Crippen molar-refractivity contribution in [3.05, 3.63) is 0 Å². The molecule has 1 heterocycles. The second-order valence-corrected chi connectivity index (χ2v) is 7.04. The molecule has 2 amide bonds. The lowest BCUT2D eigenvalue weighted by molar-refractivity contribution is -0.142. The first-order valence-corrected chi connectivity index (χ1v) is 7.64. The van der Waals surface area contributed by atoms with Crippen molar-refractivity contribution < 1.29 is 19.4 Å². The van der Waals surface area contributed by atoms with Crippen molar-refractivity contribution in [1.29, 1.82) is 0 Å². The molecule has 21 heavy (non-hydrogen) atoms. The van der Waals surface area contributed by atoms with Crippen LogP contribution in [-0.2, 0) is 9.53 Å². The van der Waals surface area contributed by atoms with E-state index in [-0.39, 0.29) is 25.3 Å². The van der Waals surface area contributed by atoms with Gasteiger partial charge in [0.25, 0.3) is 0 Å². The van der Waals surface area contributed by atoms with Gasteiger partial charge >= 0.3 is 12.0 Å². The second kappa shape index (κ2) is 6.22. The molecule has 0 spiro atoms. The van der Waals surface area contributed by atoms with Gasteiger partial charge in [-0.2, -0.15) is 0 Å². The molecule has 1 saturated carbocycles. The van der Waals surface area contributed by atoms with Gasteiger partial charge in [-0.1, -0.05) is 13.8 Å². The van der Waals surface area contributed by atoms with E-state index in [0.717, 1.165) is 25.7 Å². The minimum Gasteiger partial charge on any atom is -0.481 e. The molecule has 6 nitrogen and oxygen atoms in total. The molecule has 0 aromatic heterocycles. The van der Waals surface area contributed by atoms with Gasteiger partial charge in [0.1, 0.15) is 5.92 Å². The summed E-state index contributed by atoms with van der Waals surface area (Å²) in [5.41, 5.74) is 0.363. The maximum atomic E-state index is 12.3. The highest BCUT2D eigenvalue weighted by Crippen LogP contribution is 2.36. The molecule has 0 bridgehead atoms. The molecule has 0 radical (unpaired) electrons. The number of nitrogens with zero attached hydrogens (tertiary/aromatic N) is 1. The number of carboxylic acid groups (broad SMARTS) is 1. The number of amides is 2. The summed E-state index contributed by atoms with van der Waals surface area (Å²) in [6.07, 6.45) is 4.22. The third-order valence-corrected chi connectivity index (χ3v) is 4.88. The molecule has 2 aliphatic rings. The SMILES string of the molecule is CN(C(=O)NC1COCC1C(=O)O)C1CCC(C)(C)CC1. The first kappa shape index (κ1) is 16.1. The number of carboxylic acids is 1. The lowest BCUT2D eigenvalue weighted by Gasteiger charge is -2.38. The first-order valence-electron chi connectivity index (χ1n) is 7.64. The Hall–Kier alpha value is -1.30. The van der Waals surface area contributed by atoms with Crippen molar-refractivity contribution in [3.63, 3.8) is 0 Å². The Balaban J connectivity index is 1.87. The topological polar surface area (TPSA) is 78.9 Å². The number of carbonyl (C=O) groups is 2. The van der Waals surface area contributed by atoms with Crippen LogP contribution in [0.25, 0.3) is 0 Å². The van der Waals surface area contributed by atoms with Crippen LogP contribution in [-0.4, -0.2) is 54.4 Å². The highest BCUT2D eigenvalue weighted by atomic mass is 16.5. The minimum atomic E-state index is -0.917. The quantitative estimate of drug-likeness (QED) is 0.831. The molecular formula is C15H26N2O4. The summed E-state index contributed by atoms with van der Waals surface area (Å²) in [5, 5.41) is 11.9. The number of ether oxygens (including phenoxy) is 1. The second-order valence-electron chi connectivity index (χ2n) is 7.04. The van der Waals surface area contributed by atoms with Crippen LogP contribution in [0.5, 0.6) is 0 Å². The van der Waals surface area contributed by atoms with Crippen molar-refractivity contribution in [1.82, 2.24) is 10.2 Å². The zero-order chi connectivity index (χ0) is 15.6. The van der Waals surface area contributed by atoms with Crippen LogP contribution >= 0.6 is 0 Å². The van der Waals surface area contributed by atoms with Crippen LogP contribution in [0.4, 0.5) is 4.79 Å². The fraction of sp³-hybridized carbons (Fsp3) is 0.867. The number of rotatable bonds is 3. The molecule has 2 rings (SSSR count). The summed E-state index contributed by atoms with van der Waals surface area (Å²) < 4.78 is 5.17. The number of carbonyl (C=O) groups excluding carboxylic acids is 1. The van der Waals surface area contributed by atoms with E-state index in [0.29, 0.717) is 5.41 Å². The van der Waals surface area contributed by atoms with Crippen LogP contribution in [0, 0.1) is 11.3 Å². The monoisotopic (exact) mass is 298 g/mol. The van der Waals surface area contributed by atoms with Crippen molar-refractivity contribution in [2.24, 2.45) is 11.3 Å². The largest absolute Gasteiger partial charge is 0.481 e. The van der Waals surface area contributed by atoms with Crippen LogP contribution in [0.15, 0.2) is 0 Å². The van der Waals surface area contributed by atoms with Crippen molar-refractivity contribution in [2.75, 3.05) is 20.3 Å². The van der Waals surface area contributed by atoms with Crippen LogP contribution in [0.2, 0.25) is 0 Å². The lowest BCUT2D eigenvalue weighted by atomic mass is 9.75. The summed E-state index contributed by atoms with van der Waals surface area (Å²) in [7, 11) is 1.80. The molecule has 2 atom stereocenters. The fourth-order valence-electron chi connectivity index (χ4n) is 3.14. The van der Waals surface area contributed by atoms with E-state index in [1.165, 1.54) is 0 Å². The molecular weight excluding hydrogens is 272 g/mol. The van der Waals surface area contributed by atoms with Gasteiger partial charge in [0.05, 0.1) is 19.3 Å². The van der Waals surface area contributed by atoms with E-state index in [9.17, 15) is 9.59 Å². The molecule has 2 fully saturated rings. The summed E-state index contributed by atoms with van der Waals surface area (Å²) in [6, 6.07) is -0.387. The van der Waals surface area contributed by atoms with Gasteiger partial charge in [-0.25, -0.2) is 4.79 Å². The van der Waals surface area contributed by atoms with Crippen molar-refractivity contribution >= 4 is 12.0 Å². The van der Waals surface area contributed by atoms with Gasteiger partial charge in [0.15, 0.2) is 0 Å². The Morgan fingerprint density at radius 3 is 2.43 bits per heavy atom. The molecule has 1 aliphatic heterocycles. The van der Waals surface area contributed by atoms with E-state index >= 15 is 0 Å². The molecule has 6 heteroatoms. The Morgan fingerprint density at radius 2 is 1.86 bits per heavy atom. The fourth-order valence-corrected chi connectivity index (χ4v) is 3.14. The molecule has 120 valence electrons. The Bertz CT molecular complexity index is 400. The Morgan fingerprint density at radius 1 is 1.24 bits per heavy atom. The summed E-state index contributed by atoms with van der Waals surface area (Å²) in [6.45, 7) is 4.96. The maximum Gasteiger partial charge on any atom is 0.317 e. The summed E-state index contributed by atoms with van der Waals surface area (Å²) in [5.74, 6) is -1.56. The van der Waals surface area contributed by atoms with E-state index in [2.05, 4.69) is 19.2 Å². The lowest BCUT2D eigenvalue weighted by Crippen LogP contribution is -2.51. The van der Waals surface area contributed by atoms with Crippen LogP contribution in [0.1, 0.15) is 39.5 Å². The van der Waals surface area contributed by atoms with Gasteiger partial charge in [-0.15, -0.1) is 0 Å². The molecule has 0 aromatic carbocycles. The third-order valence-electron chi connectivity index (χ3n) is 4.88. The van der Waals surface area contributed by atoms with Gasteiger partial charge in [0, 0.05) is 13.1 Å². The van der Waals surface area contributed by atoms with Gasteiger partial charge in [-0.3, -0.25) is 4.79 Å². The average Bonchev–Trinajstić information content (AvgIpc) is 2.86. The van der Waals surface area contributed by atoms with Crippen LogP contribution in [0.3, 0.4) is 0 Å². The Kier molecular flexibility index (Phi) is 4.76. The predicted octanol–water partition coefficient (Wildman–Crippen LogP) is 1.70. The summed E-state index contributed by atoms with van der Waals surface area (Å²) in [4.78, 5) is 25.1. The van der Waals surface area contributed by atoms with Crippen LogP contribution < -0.4 is 5.32 Å². The number of hydrogen-bond acceptors (Lipinski definition) is 3. The van der Waals surface area contributed by atoms with Gasteiger partial charge < -0.3 is 20.1 Å². The molecule has 2 unspecified atom stereocenters. The van der Waals surface area contributed by atoms with E-state index in [4.69, 9.17) is 9.84 Å². The molecule has 0 aromatic rings. The molecule has 1 aliphatic carbocycles. The van der Waals surface area contributed by atoms with Gasteiger partial charge in [-0.05, 0) is 31.1 Å². The van der Waals surface area contributed by atoms with E-state index in [1.54, 1.807) is 11.9 Å². The van der Waals surface area contributed by atoms with Gasteiger partial charge in [0.2, 0.25) is 0 Å². The molecule has 1 saturated heterocycles. The smallest absolute Gasteiger partial charge is 0.317 e. The van der Waals surface area contributed by atoms with E-state index < -0.39 is 17.9 Å². The number of aliphatic carboxylic acids is 1. The standard InChI is InChI=1S/C15H26N2O4/c1-15(2)6-4-10(5-7-15)17(3)14(20)16-12-9-21-8-11(12)13(18)19/h10-12H,4-9H2,1-3H3,(H,16,20)(H,18,19). The number of hydrogen-bond donors (Lipinski definition) is 2. The van der Waals surface area contributed by atoms with Crippen molar-refractivity contribution in [3.8, 4) is 0 Å². The highest BCUT2D eigenvalue weighted by Gasteiger charge is 2.37. The average molecular weight is 298 g/mol. The molecule has 2 N–H and O–H groups in total. The van der Waals surface area contributed by atoms with E-state index in [1.807, 2.05) is 0 Å². The first-order chi connectivity index (χ1) is 9.80. The zero-order valence-corrected chi connectivity index (χ0v) is 13.1. The number of nitrogens with one attached hydrogen (secondary N) is 1. The number of urea groups is 1. The Labute approximate surface area is 125 Å².